The molecule has 0 spiro atoms. The van der Waals surface area contributed by atoms with Crippen molar-refractivity contribution >= 4 is 55.8 Å². The molecule has 4 aromatic rings. The quantitative estimate of drug-likeness (QED) is 0.354. The first-order valence-electron chi connectivity index (χ1n) is 9.90. The number of rotatable bonds is 4. The summed E-state index contributed by atoms with van der Waals surface area (Å²) in [5.41, 5.74) is 1.85. The number of nitrogens with zero attached hydrogens (tertiary/aromatic N) is 2. The maximum atomic E-state index is 13.2. The first-order valence-corrected chi connectivity index (χ1v) is 12.5. The lowest BCUT2D eigenvalue weighted by Crippen LogP contribution is -2.17. The predicted octanol–water partition coefficient (Wildman–Crippen LogP) is 5.94. The third-order valence-corrected chi connectivity index (χ3v) is 7.71. The number of para-hydroxylation sites is 1. The molecule has 8 heteroatoms. The molecule has 5 nitrogen and oxygen atoms in total. The van der Waals surface area contributed by atoms with Gasteiger partial charge in [-0.2, -0.15) is 12.8 Å². The van der Waals surface area contributed by atoms with Crippen LogP contribution >= 0.6 is 23.4 Å². The van der Waals surface area contributed by atoms with Crippen molar-refractivity contribution in [2.24, 2.45) is 4.40 Å². The fourth-order valence-corrected chi connectivity index (χ4v) is 5.67. The summed E-state index contributed by atoms with van der Waals surface area (Å²) in [6.45, 7) is 0. The zero-order valence-corrected chi connectivity index (χ0v) is 19.4. The number of halogens is 1. The lowest BCUT2D eigenvalue weighted by Gasteiger charge is -2.17. The number of pyridine rings is 1. The van der Waals surface area contributed by atoms with Crippen LogP contribution in [-0.4, -0.2) is 24.9 Å². The van der Waals surface area contributed by atoms with Crippen molar-refractivity contribution in [3.8, 4) is 0 Å². The van der Waals surface area contributed by atoms with E-state index in [-0.39, 0.29) is 16.4 Å². The first kappa shape index (κ1) is 21.6. The molecule has 33 heavy (non-hydrogen) atoms. The average Bonchev–Trinajstić information content (AvgIpc) is 2.82. The van der Waals surface area contributed by atoms with Crippen LogP contribution in [0.3, 0.4) is 0 Å². The lowest BCUT2D eigenvalue weighted by molar-refractivity contribution is 0.104. The van der Waals surface area contributed by atoms with Gasteiger partial charge < -0.3 is 0 Å². The second-order valence-corrected chi connectivity index (χ2v) is 10.3. The second-order valence-electron chi connectivity index (χ2n) is 7.22. The largest absolute Gasteiger partial charge is 0.288 e. The van der Waals surface area contributed by atoms with Gasteiger partial charge in [-0.05, 0) is 42.5 Å². The van der Waals surface area contributed by atoms with Gasteiger partial charge in [0.15, 0.2) is 5.78 Å². The minimum atomic E-state index is -4.02. The van der Waals surface area contributed by atoms with Crippen molar-refractivity contribution in [3.05, 3.63) is 112 Å². The Bertz CT molecular complexity index is 1570. The van der Waals surface area contributed by atoms with Crippen LogP contribution in [0, 0.1) is 0 Å². The van der Waals surface area contributed by atoms with Crippen LogP contribution in [0.15, 0.2) is 110 Å². The Labute approximate surface area is 199 Å². The molecule has 162 valence electrons. The summed E-state index contributed by atoms with van der Waals surface area (Å²) >= 11 is 7.14. The third-order valence-electron chi connectivity index (χ3n) is 5.08. The van der Waals surface area contributed by atoms with Crippen LogP contribution in [0.25, 0.3) is 10.9 Å². The molecule has 0 atom stereocenters. The molecule has 0 saturated heterocycles. The number of carbonyl (C=O) groups is 1. The number of carbonyl (C=O) groups excluding carboxylic acids is 1. The van der Waals surface area contributed by atoms with E-state index in [1.807, 2.05) is 30.3 Å². The average molecular weight is 491 g/mol. The molecule has 0 N–H and O–H groups in total. The van der Waals surface area contributed by atoms with E-state index in [0.29, 0.717) is 21.1 Å². The normalized spacial score (nSPS) is 14.9. The zero-order chi connectivity index (χ0) is 23.0. The van der Waals surface area contributed by atoms with Gasteiger partial charge in [0.05, 0.1) is 21.0 Å². The van der Waals surface area contributed by atoms with Gasteiger partial charge in [-0.1, -0.05) is 65.8 Å². The van der Waals surface area contributed by atoms with E-state index >= 15 is 0 Å². The van der Waals surface area contributed by atoms with Gasteiger partial charge in [-0.15, -0.1) is 0 Å². The number of allylic oxidation sites excluding steroid dienone is 2. The van der Waals surface area contributed by atoms with Crippen molar-refractivity contribution in [2.45, 2.75) is 9.79 Å². The van der Waals surface area contributed by atoms with E-state index in [1.54, 1.807) is 30.5 Å². The number of benzene rings is 3. The highest BCUT2D eigenvalue weighted by Crippen LogP contribution is 2.37. The Morgan fingerprint density at radius 2 is 1.58 bits per heavy atom. The smallest absolute Gasteiger partial charge is 0.282 e. The van der Waals surface area contributed by atoms with Gasteiger partial charge in [0.2, 0.25) is 0 Å². The summed E-state index contributed by atoms with van der Waals surface area (Å²) < 4.78 is 30.0. The Balaban J connectivity index is 1.63. The first-order chi connectivity index (χ1) is 15.9. The molecule has 0 unspecified atom stereocenters. The molecule has 0 aliphatic heterocycles. The highest BCUT2D eigenvalue weighted by atomic mass is 35.5. The second kappa shape index (κ2) is 8.59. The predicted molar refractivity (Wildman–Crippen MR) is 132 cm³/mol. The SMILES string of the molecule is O=C1C(Sc2cccc3cccnc23)=C/C(=N/S(=O)(=O)c2ccc(Cl)cc2)c2ccccc21. The molecular weight excluding hydrogens is 476 g/mol. The maximum absolute atomic E-state index is 13.2. The Hall–Kier alpha value is -3.26. The molecule has 0 fully saturated rings. The van der Waals surface area contributed by atoms with Crippen LogP contribution in [-0.2, 0) is 10.0 Å². The zero-order valence-electron chi connectivity index (χ0n) is 17.0. The number of Topliss-reactive ketones (excluding diaryl/α,β-unsaturated/α-hetero) is 1. The van der Waals surface area contributed by atoms with Gasteiger partial charge in [0.1, 0.15) is 0 Å². The number of hydrogen-bond acceptors (Lipinski definition) is 5. The Morgan fingerprint density at radius 1 is 0.848 bits per heavy atom. The number of sulfonamides is 1. The fraction of sp³-hybridized carbons (Fsp3) is 0. The highest BCUT2D eigenvalue weighted by molar-refractivity contribution is 8.04. The standard InChI is InChI=1S/C25H15ClN2O3S2/c26-17-10-12-18(13-11-17)33(30,31)28-21-15-23(25(29)20-8-2-1-7-19(20)21)32-22-9-3-5-16-6-4-14-27-24(16)22/h1-15H/b28-21-. The minimum Gasteiger partial charge on any atom is -0.288 e. The highest BCUT2D eigenvalue weighted by Gasteiger charge is 2.27. The van der Waals surface area contributed by atoms with Crippen molar-refractivity contribution < 1.29 is 13.2 Å². The van der Waals surface area contributed by atoms with E-state index in [2.05, 4.69) is 9.38 Å². The van der Waals surface area contributed by atoms with Crippen molar-refractivity contribution in [3.63, 3.8) is 0 Å². The summed E-state index contributed by atoms with van der Waals surface area (Å²) in [5, 5.41) is 1.38. The summed E-state index contributed by atoms with van der Waals surface area (Å²) in [6.07, 6.45) is 3.23. The van der Waals surface area contributed by atoms with Crippen LogP contribution < -0.4 is 0 Å². The topological polar surface area (TPSA) is 76.5 Å². The Kier molecular flexibility index (Phi) is 5.62. The molecule has 3 aromatic carbocycles. The van der Waals surface area contributed by atoms with Gasteiger partial charge in [-0.25, -0.2) is 0 Å². The molecule has 1 aliphatic rings. The van der Waals surface area contributed by atoms with Crippen molar-refractivity contribution in [2.75, 3.05) is 0 Å². The van der Waals surface area contributed by atoms with E-state index in [9.17, 15) is 13.2 Å². The molecule has 0 radical (unpaired) electrons. The molecule has 1 heterocycles. The monoisotopic (exact) mass is 490 g/mol. The summed E-state index contributed by atoms with van der Waals surface area (Å²) in [4.78, 5) is 18.9. The van der Waals surface area contributed by atoms with Crippen LogP contribution in [0.4, 0.5) is 0 Å². The summed E-state index contributed by atoms with van der Waals surface area (Å²) in [5.74, 6) is -0.189. The lowest BCUT2D eigenvalue weighted by atomic mass is 9.94. The molecule has 0 bridgehead atoms. The van der Waals surface area contributed by atoms with E-state index in [1.165, 1.54) is 42.1 Å². The summed E-state index contributed by atoms with van der Waals surface area (Å²) in [6, 6.07) is 22.2. The number of aromatic nitrogens is 1. The third kappa shape index (κ3) is 4.23. The minimum absolute atomic E-state index is 0.0228. The molecule has 1 aliphatic carbocycles. The fourth-order valence-electron chi connectivity index (χ4n) is 3.52. The number of ketones is 1. The van der Waals surface area contributed by atoms with Gasteiger partial charge in [-0.3, -0.25) is 9.78 Å². The van der Waals surface area contributed by atoms with Gasteiger partial charge in [0, 0.05) is 32.6 Å². The van der Waals surface area contributed by atoms with Crippen LogP contribution in [0.2, 0.25) is 5.02 Å². The molecule has 5 rings (SSSR count). The number of hydrogen-bond donors (Lipinski definition) is 0. The molecular formula is C25H15ClN2O3S2. The maximum Gasteiger partial charge on any atom is 0.282 e. The van der Waals surface area contributed by atoms with Crippen LogP contribution in [0.5, 0.6) is 0 Å². The van der Waals surface area contributed by atoms with Crippen molar-refractivity contribution in [1.29, 1.82) is 0 Å². The molecule has 1 aromatic heterocycles. The van der Waals surface area contributed by atoms with Gasteiger partial charge in [0.25, 0.3) is 10.0 Å². The van der Waals surface area contributed by atoms with E-state index < -0.39 is 10.0 Å². The van der Waals surface area contributed by atoms with Crippen LogP contribution in [0.1, 0.15) is 15.9 Å². The van der Waals surface area contributed by atoms with E-state index in [0.717, 1.165) is 15.8 Å². The van der Waals surface area contributed by atoms with E-state index in [4.69, 9.17) is 11.6 Å². The Morgan fingerprint density at radius 3 is 2.36 bits per heavy atom. The molecule has 0 amide bonds. The number of fused-ring (bicyclic) bond motifs is 2. The molecule has 0 saturated carbocycles. The number of thioether (sulfide) groups is 1. The van der Waals surface area contributed by atoms with Gasteiger partial charge >= 0.3 is 0 Å². The summed E-state index contributed by atoms with van der Waals surface area (Å²) in [7, 11) is -4.02. The van der Waals surface area contributed by atoms with Crippen molar-refractivity contribution in [1.82, 2.24) is 4.98 Å².